The lowest BCUT2D eigenvalue weighted by Gasteiger charge is -2.30. The van der Waals surface area contributed by atoms with Crippen molar-refractivity contribution >= 4 is 11.7 Å². The Hall–Kier alpha value is -1.55. The summed E-state index contributed by atoms with van der Waals surface area (Å²) in [6.45, 7) is 10.2. The quantitative estimate of drug-likeness (QED) is 0.829. The third kappa shape index (κ3) is 5.75. The Bertz CT molecular complexity index is 368. The molecule has 0 radical (unpaired) electrons. The van der Waals surface area contributed by atoms with E-state index < -0.39 is 0 Å². The fourth-order valence-corrected chi connectivity index (χ4v) is 2.11. The second kappa shape index (κ2) is 7.79. The molecule has 1 rings (SSSR count). The highest BCUT2D eigenvalue weighted by Gasteiger charge is 2.12. The van der Waals surface area contributed by atoms with Crippen LogP contribution in [-0.2, 0) is 0 Å². The van der Waals surface area contributed by atoms with E-state index >= 15 is 0 Å². The van der Waals surface area contributed by atoms with Crippen molar-refractivity contribution < 1.29 is 4.79 Å². The Morgan fingerprint density at radius 3 is 2.21 bits per heavy atom. The SMILES string of the molecule is CC(C)N(CCNC(=O)Nc1ccccc1)C(C)C. The lowest BCUT2D eigenvalue weighted by atomic mass is 10.2. The number of anilines is 1. The van der Waals surface area contributed by atoms with Crippen LogP contribution in [0.2, 0.25) is 0 Å². The molecular weight excluding hydrogens is 238 g/mol. The van der Waals surface area contributed by atoms with E-state index in [1.807, 2.05) is 30.3 Å². The number of hydrogen-bond acceptors (Lipinski definition) is 2. The average Bonchev–Trinajstić information content (AvgIpc) is 2.34. The highest BCUT2D eigenvalue weighted by atomic mass is 16.2. The van der Waals surface area contributed by atoms with Gasteiger partial charge in [-0.05, 0) is 39.8 Å². The van der Waals surface area contributed by atoms with Crippen LogP contribution in [0.1, 0.15) is 27.7 Å². The van der Waals surface area contributed by atoms with Gasteiger partial charge in [0.15, 0.2) is 0 Å². The first kappa shape index (κ1) is 15.5. The summed E-state index contributed by atoms with van der Waals surface area (Å²) >= 11 is 0. The Morgan fingerprint density at radius 2 is 1.68 bits per heavy atom. The molecule has 4 heteroatoms. The maximum atomic E-state index is 11.7. The molecule has 0 saturated carbocycles. The predicted molar refractivity (Wildman–Crippen MR) is 80.4 cm³/mol. The molecule has 1 aromatic rings. The van der Waals surface area contributed by atoms with E-state index in [1.165, 1.54) is 0 Å². The molecule has 0 aromatic heterocycles. The van der Waals surface area contributed by atoms with Gasteiger partial charge in [0.2, 0.25) is 0 Å². The molecule has 4 nitrogen and oxygen atoms in total. The minimum Gasteiger partial charge on any atom is -0.337 e. The van der Waals surface area contributed by atoms with Crippen molar-refractivity contribution in [3.05, 3.63) is 30.3 Å². The monoisotopic (exact) mass is 263 g/mol. The van der Waals surface area contributed by atoms with Gasteiger partial charge < -0.3 is 10.6 Å². The Kier molecular flexibility index (Phi) is 6.36. The number of benzene rings is 1. The van der Waals surface area contributed by atoms with E-state index in [0.717, 1.165) is 12.2 Å². The van der Waals surface area contributed by atoms with Crippen molar-refractivity contribution in [1.29, 1.82) is 0 Å². The van der Waals surface area contributed by atoms with Crippen LogP contribution < -0.4 is 10.6 Å². The standard InChI is InChI=1S/C15H25N3O/c1-12(2)18(13(3)4)11-10-16-15(19)17-14-8-6-5-7-9-14/h5-9,12-13H,10-11H2,1-4H3,(H2,16,17,19). The number of para-hydroxylation sites is 1. The van der Waals surface area contributed by atoms with Gasteiger partial charge in [-0.15, -0.1) is 0 Å². The van der Waals surface area contributed by atoms with Crippen molar-refractivity contribution in [3.63, 3.8) is 0 Å². The van der Waals surface area contributed by atoms with Gasteiger partial charge in [0.25, 0.3) is 0 Å². The van der Waals surface area contributed by atoms with E-state index in [2.05, 4.69) is 43.2 Å². The van der Waals surface area contributed by atoms with Gasteiger partial charge >= 0.3 is 6.03 Å². The van der Waals surface area contributed by atoms with Crippen LogP contribution in [0, 0.1) is 0 Å². The molecule has 1 aromatic carbocycles. The number of nitrogens with zero attached hydrogens (tertiary/aromatic N) is 1. The van der Waals surface area contributed by atoms with E-state index in [9.17, 15) is 4.79 Å². The number of carbonyl (C=O) groups is 1. The fourth-order valence-electron chi connectivity index (χ4n) is 2.11. The largest absolute Gasteiger partial charge is 0.337 e. The minimum absolute atomic E-state index is 0.154. The zero-order valence-electron chi connectivity index (χ0n) is 12.3. The summed E-state index contributed by atoms with van der Waals surface area (Å²) in [6, 6.07) is 10.3. The van der Waals surface area contributed by atoms with Crippen LogP contribution in [-0.4, -0.2) is 36.1 Å². The van der Waals surface area contributed by atoms with Crippen LogP contribution in [0.25, 0.3) is 0 Å². The van der Waals surface area contributed by atoms with Crippen molar-refractivity contribution in [1.82, 2.24) is 10.2 Å². The molecule has 2 N–H and O–H groups in total. The molecule has 0 bridgehead atoms. The summed E-state index contributed by atoms with van der Waals surface area (Å²) in [5.74, 6) is 0. The van der Waals surface area contributed by atoms with Gasteiger partial charge in [0, 0.05) is 30.9 Å². The highest BCUT2D eigenvalue weighted by molar-refractivity contribution is 5.89. The van der Waals surface area contributed by atoms with E-state index in [-0.39, 0.29) is 6.03 Å². The number of nitrogens with one attached hydrogen (secondary N) is 2. The van der Waals surface area contributed by atoms with Crippen LogP contribution in [0.15, 0.2) is 30.3 Å². The Balaban J connectivity index is 2.31. The first-order chi connectivity index (χ1) is 9.00. The maximum Gasteiger partial charge on any atom is 0.319 e. The minimum atomic E-state index is -0.154. The van der Waals surface area contributed by atoms with Crippen molar-refractivity contribution in [2.24, 2.45) is 0 Å². The average molecular weight is 263 g/mol. The van der Waals surface area contributed by atoms with Crippen LogP contribution in [0.3, 0.4) is 0 Å². The second-order valence-corrected chi connectivity index (χ2v) is 5.17. The molecule has 106 valence electrons. The van der Waals surface area contributed by atoms with E-state index in [4.69, 9.17) is 0 Å². The highest BCUT2D eigenvalue weighted by Crippen LogP contribution is 2.05. The fraction of sp³-hybridized carbons (Fsp3) is 0.533. The van der Waals surface area contributed by atoms with E-state index in [0.29, 0.717) is 18.6 Å². The Labute approximate surface area is 116 Å². The van der Waals surface area contributed by atoms with Gasteiger partial charge in [0.1, 0.15) is 0 Å². The first-order valence-corrected chi connectivity index (χ1v) is 6.86. The van der Waals surface area contributed by atoms with Crippen molar-refractivity contribution in [3.8, 4) is 0 Å². The summed E-state index contributed by atoms with van der Waals surface area (Å²) < 4.78 is 0. The first-order valence-electron chi connectivity index (χ1n) is 6.86. The summed E-state index contributed by atoms with van der Waals surface area (Å²) in [5.41, 5.74) is 0.810. The molecule has 0 spiro atoms. The second-order valence-electron chi connectivity index (χ2n) is 5.17. The van der Waals surface area contributed by atoms with Crippen molar-refractivity contribution in [2.45, 2.75) is 39.8 Å². The molecule has 0 aliphatic rings. The summed E-state index contributed by atoms with van der Waals surface area (Å²) in [5, 5.41) is 5.69. The molecule has 0 unspecified atom stereocenters. The molecule has 2 amide bonds. The number of carbonyl (C=O) groups excluding carboxylic acids is 1. The smallest absolute Gasteiger partial charge is 0.319 e. The van der Waals surface area contributed by atoms with Gasteiger partial charge in [-0.3, -0.25) is 4.90 Å². The normalized spacial score (nSPS) is 11.1. The van der Waals surface area contributed by atoms with Crippen molar-refractivity contribution in [2.75, 3.05) is 18.4 Å². The molecule has 0 heterocycles. The van der Waals surface area contributed by atoms with Gasteiger partial charge in [-0.25, -0.2) is 4.79 Å². The zero-order chi connectivity index (χ0) is 14.3. The predicted octanol–water partition coefficient (Wildman–Crippen LogP) is 2.93. The molecular formula is C15H25N3O. The molecule has 0 saturated heterocycles. The van der Waals surface area contributed by atoms with Gasteiger partial charge in [-0.1, -0.05) is 18.2 Å². The number of urea groups is 1. The topological polar surface area (TPSA) is 44.4 Å². The number of hydrogen-bond donors (Lipinski definition) is 2. The number of rotatable bonds is 6. The molecule has 0 fully saturated rings. The lowest BCUT2D eigenvalue weighted by molar-refractivity contribution is 0.176. The summed E-state index contributed by atoms with van der Waals surface area (Å²) in [7, 11) is 0. The molecule has 19 heavy (non-hydrogen) atoms. The summed E-state index contributed by atoms with van der Waals surface area (Å²) in [4.78, 5) is 14.0. The molecule has 0 atom stereocenters. The van der Waals surface area contributed by atoms with Crippen LogP contribution >= 0.6 is 0 Å². The summed E-state index contributed by atoms with van der Waals surface area (Å²) in [6.07, 6.45) is 0. The van der Waals surface area contributed by atoms with Crippen LogP contribution in [0.4, 0.5) is 10.5 Å². The maximum absolute atomic E-state index is 11.7. The molecule has 0 aliphatic heterocycles. The van der Waals surface area contributed by atoms with Crippen LogP contribution in [0.5, 0.6) is 0 Å². The van der Waals surface area contributed by atoms with Gasteiger partial charge in [-0.2, -0.15) is 0 Å². The van der Waals surface area contributed by atoms with E-state index in [1.54, 1.807) is 0 Å². The van der Waals surface area contributed by atoms with Gasteiger partial charge in [0.05, 0.1) is 0 Å². The zero-order valence-corrected chi connectivity index (χ0v) is 12.3. The third-order valence-corrected chi connectivity index (χ3v) is 3.01. The molecule has 0 aliphatic carbocycles. The lowest BCUT2D eigenvalue weighted by Crippen LogP contribution is -2.43. The Morgan fingerprint density at radius 1 is 1.11 bits per heavy atom. The number of amides is 2. The third-order valence-electron chi connectivity index (χ3n) is 3.01.